The molecule has 1 aliphatic heterocycles. The van der Waals surface area contributed by atoms with E-state index in [0.29, 0.717) is 26.2 Å². The van der Waals surface area contributed by atoms with Crippen LogP contribution in [0.3, 0.4) is 0 Å². The second kappa shape index (κ2) is 9.85. The van der Waals surface area contributed by atoms with Gasteiger partial charge in [0, 0.05) is 44.4 Å². The lowest BCUT2D eigenvalue weighted by molar-refractivity contribution is -0.132. The summed E-state index contributed by atoms with van der Waals surface area (Å²) in [7, 11) is 5.22. The number of halogens is 1. The molecule has 1 heterocycles. The number of para-hydroxylation sites is 1. The van der Waals surface area contributed by atoms with Crippen LogP contribution in [0.15, 0.2) is 42.5 Å². The van der Waals surface area contributed by atoms with Crippen molar-refractivity contribution in [1.82, 2.24) is 9.80 Å². The van der Waals surface area contributed by atoms with Crippen LogP contribution in [0.25, 0.3) is 0 Å². The summed E-state index contributed by atoms with van der Waals surface area (Å²) in [6.45, 7) is 3.95. The number of benzene rings is 2. The summed E-state index contributed by atoms with van der Waals surface area (Å²) >= 11 is 6.30. The van der Waals surface area contributed by atoms with Gasteiger partial charge in [-0.3, -0.25) is 9.69 Å². The standard InChI is InChI=1S/C22H28ClN3O3/c1-24(15-17-8-9-18(28-2)14-21(17)29-3)16-22(27)26-12-10-25(11-13-26)20-7-5-4-6-19(20)23/h4-9,14H,10-13,15-16H2,1-3H3. The highest BCUT2D eigenvalue weighted by Crippen LogP contribution is 2.27. The van der Waals surface area contributed by atoms with Crippen molar-refractivity contribution in [3.05, 3.63) is 53.1 Å². The van der Waals surface area contributed by atoms with Gasteiger partial charge in [-0.1, -0.05) is 29.8 Å². The third-order valence-electron chi connectivity index (χ3n) is 5.17. The minimum Gasteiger partial charge on any atom is -0.497 e. The number of ether oxygens (including phenoxy) is 2. The molecule has 2 aromatic carbocycles. The molecular formula is C22H28ClN3O3. The smallest absolute Gasteiger partial charge is 0.236 e. The van der Waals surface area contributed by atoms with Gasteiger partial charge in [0.15, 0.2) is 0 Å². The third-order valence-corrected chi connectivity index (χ3v) is 5.48. The minimum absolute atomic E-state index is 0.138. The van der Waals surface area contributed by atoms with Crippen molar-refractivity contribution in [3.63, 3.8) is 0 Å². The molecule has 2 aromatic rings. The summed E-state index contributed by atoms with van der Waals surface area (Å²) in [4.78, 5) is 18.9. The maximum Gasteiger partial charge on any atom is 0.236 e. The lowest BCUT2D eigenvalue weighted by Crippen LogP contribution is -2.51. The fourth-order valence-electron chi connectivity index (χ4n) is 3.57. The van der Waals surface area contributed by atoms with Crippen molar-refractivity contribution >= 4 is 23.2 Å². The second-order valence-corrected chi connectivity index (χ2v) is 7.58. The molecule has 1 aliphatic rings. The maximum absolute atomic E-state index is 12.8. The van der Waals surface area contributed by atoms with Gasteiger partial charge in [0.05, 0.1) is 31.5 Å². The summed E-state index contributed by atoms with van der Waals surface area (Å²) in [5.41, 5.74) is 2.05. The van der Waals surface area contributed by atoms with Gasteiger partial charge in [-0.25, -0.2) is 0 Å². The van der Waals surface area contributed by atoms with Crippen molar-refractivity contribution < 1.29 is 14.3 Å². The second-order valence-electron chi connectivity index (χ2n) is 7.17. The monoisotopic (exact) mass is 417 g/mol. The van der Waals surface area contributed by atoms with E-state index in [9.17, 15) is 4.79 Å². The van der Waals surface area contributed by atoms with Gasteiger partial charge in [0.2, 0.25) is 5.91 Å². The molecule has 0 bridgehead atoms. The molecule has 3 rings (SSSR count). The quantitative estimate of drug-likeness (QED) is 0.692. The zero-order valence-electron chi connectivity index (χ0n) is 17.2. The van der Waals surface area contributed by atoms with Gasteiger partial charge in [-0.2, -0.15) is 0 Å². The number of hydrogen-bond donors (Lipinski definition) is 0. The average molecular weight is 418 g/mol. The Kier molecular flexibility index (Phi) is 7.23. The molecule has 1 fully saturated rings. The molecule has 0 spiro atoms. The molecule has 0 unspecified atom stereocenters. The number of nitrogens with zero attached hydrogens (tertiary/aromatic N) is 3. The molecule has 0 radical (unpaired) electrons. The number of hydrogen-bond acceptors (Lipinski definition) is 5. The highest BCUT2D eigenvalue weighted by molar-refractivity contribution is 6.33. The Morgan fingerprint density at radius 2 is 1.79 bits per heavy atom. The first-order valence-corrected chi connectivity index (χ1v) is 10.1. The van der Waals surface area contributed by atoms with Crippen LogP contribution >= 0.6 is 11.6 Å². The summed E-state index contributed by atoms with van der Waals surface area (Å²) in [6.07, 6.45) is 0. The Labute approximate surface area is 177 Å². The molecule has 0 aromatic heterocycles. The molecule has 1 amide bonds. The SMILES string of the molecule is COc1ccc(CN(C)CC(=O)N2CCN(c3ccccc3Cl)CC2)c(OC)c1. The molecule has 6 nitrogen and oxygen atoms in total. The normalized spacial score (nSPS) is 14.2. The highest BCUT2D eigenvalue weighted by Gasteiger charge is 2.23. The fraction of sp³-hybridized carbons (Fsp3) is 0.409. The molecule has 156 valence electrons. The van der Waals surface area contributed by atoms with Gasteiger partial charge < -0.3 is 19.3 Å². The summed E-state index contributed by atoms with van der Waals surface area (Å²) in [5.74, 6) is 1.65. The minimum atomic E-state index is 0.138. The van der Waals surface area contributed by atoms with Crippen LogP contribution < -0.4 is 14.4 Å². The van der Waals surface area contributed by atoms with E-state index in [1.54, 1.807) is 14.2 Å². The van der Waals surface area contributed by atoms with E-state index in [1.807, 2.05) is 59.3 Å². The van der Waals surface area contributed by atoms with E-state index in [1.165, 1.54) is 0 Å². The first kappa shape index (κ1) is 21.3. The van der Waals surface area contributed by atoms with E-state index in [2.05, 4.69) is 4.90 Å². The Bertz CT molecular complexity index is 838. The van der Waals surface area contributed by atoms with Crippen molar-refractivity contribution in [2.24, 2.45) is 0 Å². The zero-order valence-corrected chi connectivity index (χ0v) is 18.0. The van der Waals surface area contributed by atoms with Crippen molar-refractivity contribution in [2.75, 3.05) is 58.9 Å². The summed E-state index contributed by atoms with van der Waals surface area (Å²) < 4.78 is 10.7. The molecule has 29 heavy (non-hydrogen) atoms. The summed E-state index contributed by atoms with van der Waals surface area (Å²) in [6, 6.07) is 13.6. The van der Waals surface area contributed by atoms with Crippen LogP contribution in [0.2, 0.25) is 5.02 Å². The Morgan fingerprint density at radius 3 is 2.45 bits per heavy atom. The van der Waals surface area contributed by atoms with Gasteiger partial charge in [0.25, 0.3) is 0 Å². The van der Waals surface area contributed by atoms with Crippen LogP contribution in [-0.4, -0.2) is 69.7 Å². The summed E-state index contributed by atoms with van der Waals surface area (Å²) in [5, 5.41) is 0.750. The van der Waals surface area contributed by atoms with Crippen LogP contribution in [-0.2, 0) is 11.3 Å². The van der Waals surface area contributed by atoms with Crippen LogP contribution in [0.4, 0.5) is 5.69 Å². The highest BCUT2D eigenvalue weighted by atomic mass is 35.5. The lowest BCUT2D eigenvalue weighted by atomic mass is 10.1. The lowest BCUT2D eigenvalue weighted by Gasteiger charge is -2.37. The first-order chi connectivity index (χ1) is 14.0. The predicted molar refractivity (Wildman–Crippen MR) is 116 cm³/mol. The molecule has 0 atom stereocenters. The maximum atomic E-state index is 12.8. The van der Waals surface area contributed by atoms with Gasteiger partial charge in [-0.15, -0.1) is 0 Å². The Hall–Kier alpha value is -2.44. The number of rotatable bonds is 7. The average Bonchev–Trinajstić information content (AvgIpc) is 2.74. The topological polar surface area (TPSA) is 45.2 Å². The molecule has 1 saturated heterocycles. The van der Waals surface area contributed by atoms with Crippen LogP contribution in [0.1, 0.15) is 5.56 Å². The molecule has 7 heteroatoms. The number of anilines is 1. The van der Waals surface area contributed by atoms with Crippen LogP contribution in [0, 0.1) is 0 Å². The van der Waals surface area contributed by atoms with E-state index >= 15 is 0 Å². The number of methoxy groups -OCH3 is 2. The number of amides is 1. The van der Waals surface area contributed by atoms with E-state index < -0.39 is 0 Å². The van der Waals surface area contributed by atoms with Crippen molar-refractivity contribution in [3.8, 4) is 11.5 Å². The van der Waals surface area contributed by atoms with Crippen molar-refractivity contribution in [1.29, 1.82) is 0 Å². The van der Waals surface area contributed by atoms with Gasteiger partial charge in [-0.05, 0) is 25.2 Å². The Morgan fingerprint density at radius 1 is 1.07 bits per heavy atom. The molecule has 0 saturated carbocycles. The molecule has 0 aliphatic carbocycles. The van der Waals surface area contributed by atoms with Crippen LogP contribution in [0.5, 0.6) is 11.5 Å². The van der Waals surface area contributed by atoms with Crippen molar-refractivity contribution in [2.45, 2.75) is 6.54 Å². The van der Waals surface area contributed by atoms with E-state index in [0.717, 1.165) is 40.9 Å². The number of carbonyl (C=O) groups is 1. The van der Waals surface area contributed by atoms with E-state index in [4.69, 9.17) is 21.1 Å². The molecule has 0 N–H and O–H groups in total. The fourth-order valence-corrected chi connectivity index (χ4v) is 3.82. The predicted octanol–water partition coefficient (Wildman–Crippen LogP) is 3.14. The third kappa shape index (κ3) is 5.34. The zero-order chi connectivity index (χ0) is 20.8. The first-order valence-electron chi connectivity index (χ1n) is 9.68. The van der Waals surface area contributed by atoms with E-state index in [-0.39, 0.29) is 5.91 Å². The molecular weight excluding hydrogens is 390 g/mol. The van der Waals surface area contributed by atoms with Gasteiger partial charge in [0.1, 0.15) is 11.5 Å². The number of carbonyl (C=O) groups excluding carboxylic acids is 1. The largest absolute Gasteiger partial charge is 0.497 e. The van der Waals surface area contributed by atoms with Gasteiger partial charge >= 0.3 is 0 Å². The Balaban J connectivity index is 1.53. The number of likely N-dealkylation sites (N-methyl/N-ethyl adjacent to an activating group) is 1. The number of piperazine rings is 1.